The van der Waals surface area contributed by atoms with E-state index < -0.39 is 17.3 Å². The molecule has 1 spiro atoms. The quantitative estimate of drug-likeness (QED) is 0.497. The first kappa shape index (κ1) is 26.1. The van der Waals surface area contributed by atoms with Gasteiger partial charge in [0, 0.05) is 57.1 Å². The number of likely N-dealkylation sites (tertiary alicyclic amines) is 1. The van der Waals surface area contributed by atoms with Crippen LogP contribution in [0.15, 0.2) is 48.5 Å². The summed E-state index contributed by atoms with van der Waals surface area (Å²) < 4.78 is 44.1. The van der Waals surface area contributed by atoms with Crippen LogP contribution >= 0.6 is 11.6 Å². The summed E-state index contributed by atoms with van der Waals surface area (Å²) in [5.74, 6) is 0.330. The van der Waals surface area contributed by atoms with Gasteiger partial charge in [0.05, 0.1) is 12.1 Å². The molecule has 2 N–H and O–H groups in total. The molecule has 0 bridgehead atoms. The van der Waals surface area contributed by atoms with Crippen LogP contribution in [0.3, 0.4) is 0 Å². The first-order valence-electron chi connectivity index (χ1n) is 11.7. The minimum Gasteiger partial charge on any atom is -0.441 e. The van der Waals surface area contributed by atoms with Gasteiger partial charge in [-0.3, -0.25) is 9.80 Å². The number of nitrogens with zero attached hydrogens (tertiary/aromatic N) is 2. The molecule has 2 heterocycles. The van der Waals surface area contributed by atoms with Gasteiger partial charge in [-0.1, -0.05) is 24.3 Å². The summed E-state index contributed by atoms with van der Waals surface area (Å²) in [4.78, 5) is 28.2. The number of halogens is 4. The molecule has 36 heavy (non-hydrogen) atoms. The van der Waals surface area contributed by atoms with Crippen LogP contribution in [-0.4, -0.2) is 59.6 Å². The number of urea groups is 1. The Morgan fingerprint density at radius 2 is 1.61 bits per heavy atom. The number of nitrogens with one attached hydrogen (secondary N) is 2. The molecule has 2 aliphatic heterocycles. The van der Waals surface area contributed by atoms with Crippen LogP contribution in [0, 0.1) is 0 Å². The zero-order valence-electron chi connectivity index (χ0n) is 19.6. The summed E-state index contributed by atoms with van der Waals surface area (Å²) in [6.45, 7) is 3.19. The molecule has 11 heteroatoms. The van der Waals surface area contributed by atoms with Crippen LogP contribution < -0.4 is 10.6 Å². The Kier molecular flexibility index (Phi) is 7.94. The van der Waals surface area contributed by atoms with Crippen molar-refractivity contribution in [3.8, 4) is 0 Å². The Labute approximate surface area is 212 Å². The van der Waals surface area contributed by atoms with E-state index in [0.717, 1.165) is 23.3 Å². The van der Waals surface area contributed by atoms with Gasteiger partial charge in [0.25, 0.3) is 0 Å². The van der Waals surface area contributed by atoms with Crippen LogP contribution in [0.4, 0.5) is 28.4 Å². The van der Waals surface area contributed by atoms with Gasteiger partial charge in [0.1, 0.15) is 5.60 Å². The van der Waals surface area contributed by atoms with E-state index in [4.69, 9.17) is 16.3 Å². The second kappa shape index (κ2) is 11.0. The lowest BCUT2D eigenvalue weighted by Crippen LogP contribution is -2.46. The second-order valence-corrected chi connectivity index (χ2v) is 9.52. The molecular weight excluding hydrogens is 497 g/mol. The highest BCUT2D eigenvalue weighted by atomic mass is 35.5. The maximum atomic E-state index is 12.8. The number of amides is 3. The average molecular weight is 525 g/mol. The maximum Gasteiger partial charge on any atom is 0.416 e. The van der Waals surface area contributed by atoms with Crippen molar-refractivity contribution in [2.75, 3.05) is 37.4 Å². The number of hydrogen-bond acceptors (Lipinski definition) is 4. The smallest absolute Gasteiger partial charge is 0.416 e. The Bertz CT molecular complexity index is 1060. The van der Waals surface area contributed by atoms with Crippen LogP contribution in [0.1, 0.15) is 29.5 Å². The number of carbonyl (C=O) groups excluding carboxylic acids is 2. The predicted octanol–water partition coefficient (Wildman–Crippen LogP) is 5.05. The molecule has 0 saturated carbocycles. The number of piperidine rings is 1. The van der Waals surface area contributed by atoms with Crippen molar-refractivity contribution in [2.24, 2.45) is 0 Å². The number of benzene rings is 2. The highest BCUT2D eigenvalue weighted by Gasteiger charge is 2.46. The first-order chi connectivity index (χ1) is 17.2. The molecule has 0 aliphatic carbocycles. The summed E-state index contributed by atoms with van der Waals surface area (Å²) in [7, 11) is 0. The molecule has 3 amide bonds. The fourth-order valence-corrected chi connectivity index (χ4v) is 4.60. The molecule has 0 radical (unpaired) electrons. The monoisotopic (exact) mass is 524 g/mol. The highest BCUT2D eigenvalue weighted by Crippen LogP contribution is 2.35. The molecule has 2 aliphatic rings. The Balaban J connectivity index is 1.26. The third-order valence-electron chi connectivity index (χ3n) is 6.46. The van der Waals surface area contributed by atoms with E-state index in [1.807, 2.05) is 12.1 Å². The summed E-state index contributed by atoms with van der Waals surface area (Å²) in [5, 5.41) is 5.34. The minimum atomic E-state index is -4.34. The van der Waals surface area contributed by atoms with E-state index in [1.165, 1.54) is 12.1 Å². The highest BCUT2D eigenvalue weighted by molar-refractivity contribution is 6.18. The lowest BCUT2D eigenvalue weighted by atomic mass is 9.91. The molecule has 0 aromatic heterocycles. The lowest BCUT2D eigenvalue weighted by molar-refractivity contribution is -0.137. The van der Waals surface area contributed by atoms with Crippen molar-refractivity contribution in [1.82, 2.24) is 15.1 Å². The van der Waals surface area contributed by atoms with Gasteiger partial charge in [-0.25, -0.2) is 9.59 Å². The molecule has 2 saturated heterocycles. The minimum absolute atomic E-state index is 0.330. The normalized spacial score (nSPS) is 17.8. The van der Waals surface area contributed by atoms with Crippen molar-refractivity contribution in [3.63, 3.8) is 0 Å². The summed E-state index contributed by atoms with van der Waals surface area (Å²) >= 11 is 5.55. The number of alkyl halides is 4. The molecule has 2 aromatic carbocycles. The SMILES string of the molecule is O=C(NCCCl)Nc1ccc(CN2CC3(CCN(Cc4ccc(C(F)(F)F)cc4)CC3)OC2=O)cc1. The lowest BCUT2D eigenvalue weighted by Gasteiger charge is -2.37. The van der Waals surface area contributed by atoms with Gasteiger partial charge in [-0.05, 0) is 35.4 Å². The molecule has 7 nitrogen and oxygen atoms in total. The summed E-state index contributed by atoms with van der Waals surface area (Å²) in [5.41, 5.74) is 1.16. The van der Waals surface area contributed by atoms with Gasteiger partial charge in [0.2, 0.25) is 0 Å². The Morgan fingerprint density at radius 1 is 1.00 bits per heavy atom. The second-order valence-electron chi connectivity index (χ2n) is 9.14. The van der Waals surface area contributed by atoms with Crippen molar-refractivity contribution in [1.29, 1.82) is 0 Å². The molecule has 0 unspecified atom stereocenters. The van der Waals surface area contributed by atoms with Crippen molar-refractivity contribution >= 4 is 29.4 Å². The zero-order chi connectivity index (χ0) is 25.8. The van der Waals surface area contributed by atoms with E-state index >= 15 is 0 Å². The number of anilines is 1. The molecule has 2 fully saturated rings. The van der Waals surface area contributed by atoms with Crippen LogP contribution in [-0.2, 0) is 24.0 Å². The molecule has 194 valence electrons. The number of hydrogen-bond donors (Lipinski definition) is 2. The first-order valence-corrected chi connectivity index (χ1v) is 12.3. The van der Waals surface area contributed by atoms with Crippen LogP contribution in [0.25, 0.3) is 0 Å². The fourth-order valence-electron chi connectivity index (χ4n) is 4.50. The fraction of sp³-hybridized carbons (Fsp3) is 0.440. The number of carbonyl (C=O) groups is 2. The summed E-state index contributed by atoms with van der Waals surface area (Å²) in [6, 6.07) is 12.1. The third kappa shape index (κ3) is 6.61. The maximum absolute atomic E-state index is 12.8. The van der Waals surface area contributed by atoms with E-state index in [0.29, 0.717) is 63.7 Å². The van der Waals surface area contributed by atoms with Crippen LogP contribution in [0.2, 0.25) is 0 Å². The number of rotatable bonds is 7. The van der Waals surface area contributed by atoms with Crippen LogP contribution in [0.5, 0.6) is 0 Å². The largest absolute Gasteiger partial charge is 0.441 e. The molecular formula is C25H28ClF3N4O3. The van der Waals surface area contributed by atoms with E-state index in [2.05, 4.69) is 15.5 Å². The molecule has 2 aromatic rings. The topological polar surface area (TPSA) is 73.9 Å². The predicted molar refractivity (Wildman–Crippen MR) is 130 cm³/mol. The van der Waals surface area contributed by atoms with E-state index in [1.54, 1.807) is 17.0 Å². The third-order valence-corrected chi connectivity index (χ3v) is 6.65. The Hall–Kier alpha value is -2.98. The van der Waals surface area contributed by atoms with Crippen molar-refractivity contribution in [2.45, 2.75) is 37.7 Å². The molecule has 4 rings (SSSR count). The van der Waals surface area contributed by atoms with E-state index in [-0.39, 0.29) is 12.1 Å². The van der Waals surface area contributed by atoms with Crippen molar-refractivity contribution in [3.05, 3.63) is 65.2 Å². The van der Waals surface area contributed by atoms with Crippen molar-refractivity contribution < 1.29 is 27.5 Å². The summed E-state index contributed by atoms with van der Waals surface area (Å²) in [6.07, 6.45) is -3.37. The number of ether oxygens (including phenoxy) is 1. The zero-order valence-corrected chi connectivity index (χ0v) is 20.4. The Morgan fingerprint density at radius 3 is 2.22 bits per heavy atom. The standard InChI is InChI=1S/C25H28ClF3N4O3/c26-11-12-30-22(34)31-21-7-3-19(4-8-21)16-33-17-24(36-23(33)35)9-13-32(14-10-24)15-18-1-5-20(6-2-18)25(27,28)29/h1-8H,9-17H2,(H2,30,31,34). The van der Waals surface area contributed by atoms with Gasteiger partial charge in [0.15, 0.2) is 0 Å². The van der Waals surface area contributed by atoms with Gasteiger partial charge in [-0.15, -0.1) is 11.6 Å². The van der Waals surface area contributed by atoms with E-state index in [9.17, 15) is 22.8 Å². The van der Waals surface area contributed by atoms with Gasteiger partial charge in [-0.2, -0.15) is 13.2 Å². The molecule has 0 atom stereocenters. The average Bonchev–Trinajstić information content (AvgIpc) is 3.14. The van der Waals surface area contributed by atoms with Gasteiger partial charge < -0.3 is 15.4 Å². The van der Waals surface area contributed by atoms with Gasteiger partial charge >= 0.3 is 18.3 Å².